The summed E-state index contributed by atoms with van der Waals surface area (Å²) in [5.74, 6) is 0. The highest BCUT2D eigenvalue weighted by atomic mass is 32.2. The fraction of sp³-hybridized carbons (Fsp3) is 1.00. The minimum Gasteiger partial charge on any atom is -0.385 e. The van der Waals surface area contributed by atoms with Crippen LogP contribution in [0.15, 0.2) is 0 Å². The quantitative estimate of drug-likeness (QED) is 0.638. The lowest BCUT2D eigenvalue weighted by Crippen LogP contribution is -2.52. The van der Waals surface area contributed by atoms with Gasteiger partial charge in [0.25, 0.3) is 10.2 Å². The molecule has 2 aliphatic heterocycles. The van der Waals surface area contributed by atoms with Crippen molar-refractivity contribution in [1.82, 2.24) is 13.5 Å². The monoisotopic (exact) mass is 305 g/mol. The summed E-state index contributed by atoms with van der Waals surface area (Å²) in [4.78, 5) is 2.35. The van der Waals surface area contributed by atoms with Crippen molar-refractivity contribution in [1.29, 1.82) is 0 Å². The first-order valence-electron chi connectivity index (χ1n) is 7.61. The van der Waals surface area contributed by atoms with Crippen molar-refractivity contribution in [2.24, 2.45) is 0 Å². The highest BCUT2D eigenvalue weighted by molar-refractivity contribution is 7.86. The molecule has 0 aromatic carbocycles. The van der Waals surface area contributed by atoms with Gasteiger partial charge in [0.05, 0.1) is 0 Å². The zero-order valence-corrected chi connectivity index (χ0v) is 13.3. The number of methoxy groups -OCH3 is 1. The lowest BCUT2D eigenvalue weighted by molar-refractivity contribution is 0.162. The van der Waals surface area contributed by atoms with E-state index in [2.05, 4.69) is 4.90 Å². The van der Waals surface area contributed by atoms with Crippen molar-refractivity contribution in [3.05, 3.63) is 0 Å². The van der Waals surface area contributed by atoms with Gasteiger partial charge >= 0.3 is 0 Å². The first-order chi connectivity index (χ1) is 9.64. The van der Waals surface area contributed by atoms with Crippen LogP contribution in [-0.2, 0) is 14.9 Å². The Morgan fingerprint density at radius 3 is 2.10 bits per heavy atom. The zero-order valence-electron chi connectivity index (χ0n) is 12.5. The van der Waals surface area contributed by atoms with Crippen LogP contribution in [0, 0.1) is 0 Å². The molecule has 2 heterocycles. The molecule has 0 unspecified atom stereocenters. The van der Waals surface area contributed by atoms with Crippen LogP contribution >= 0.6 is 0 Å². The van der Waals surface area contributed by atoms with E-state index < -0.39 is 10.2 Å². The second-order valence-electron chi connectivity index (χ2n) is 5.55. The molecule has 2 fully saturated rings. The first-order valence-corrected chi connectivity index (χ1v) is 9.01. The van der Waals surface area contributed by atoms with Crippen molar-refractivity contribution in [2.45, 2.75) is 25.7 Å². The summed E-state index contributed by atoms with van der Waals surface area (Å²) < 4.78 is 33.2. The maximum absolute atomic E-state index is 12.4. The van der Waals surface area contributed by atoms with Gasteiger partial charge in [-0.2, -0.15) is 17.0 Å². The van der Waals surface area contributed by atoms with Gasteiger partial charge in [0, 0.05) is 53.0 Å². The number of unbranched alkanes of at least 4 members (excludes halogenated alkanes) is 1. The predicted molar refractivity (Wildman–Crippen MR) is 78.8 cm³/mol. The second kappa shape index (κ2) is 7.70. The molecule has 0 radical (unpaired) electrons. The fourth-order valence-electron chi connectivity index (χ4n) is 2.85. The molecule has 0 aromatic heterocycles. The summed E-state index contributed by atoms with van der Waals surface area (Å²) in [5, 5.41) is 0. The van der Waals surface area contributed by atoms with Gasteiger partial charge in [0.2, 0.25) is 0 Å². The second-order valence-corrected chi connectivity index (χ2v) is 7.48. The molecule has 7 heteroatoms. The third-order valence-corrected chi connectivity index (χ3v) is 6.16. The summed E-state index contributed by atoms with van der Waals surface area (Å²) in [6.07, 6.45) is 4.19. The molecule has 0 spiro atoms. The van der Waals surface area contributed by atoms with E-state index in [0.717, 1.165) is 51.9 Å². The van der Waals surface area contributed by atoms with E-state index in [1.807, 2.05) is 0 Å². The number of nitrogens with zero attached hydrogens (tertiary/aromatic N) is 3. The van der Waals surface area contributed by atoms with Crippen LogP contribution in [0.1, 0.15) is 25.7 Å². The Labute approximate surface area is 122 Å². The Bertz CT molecular complexity index is 374. The maximum atomic E-state index is 12.4. The van der Waals surface area contributed by atoms with Gasteiger partial charge in [-0.15, -0.1) is 0 Å². The molecule has 0 saturated carbocycles. The van der Waals surface area contributed by atoms with E-state index in [-0.39, 0.29) is 0 Å². The predicted octanol–water partition coefficient (Wildman–Crippen LogP) is 0.371. The highest BCUT2D eigenvalue weighted by Gasteiger charge is 2.33. The Morgan fingerprint density at radius 1 is 0.900 bits per heavy atom. The first kappa shape index (κ1) is 16.2. The van der Waals surface area contributed by atoms with Crippen LogP contribution in [0.4, 0.5) is 0 Å². The van der Waals surface area contributed by atoms with E-state index in [4.69, 9.17) is 4.74 Å². The molecule has 20 heavy (non-hydrogen) atoms. The third-order valence-electron chi connectivity index (χ3n) is 4.12. The molecule has 0 atom stereocenters. The van der Waals surface area contributed by atoms with E-state index in [0.29, 0.717) is 26.2 Å². The molecule has 6 nitrogen and oxygen atoms in total. The Balaban J connectivity index is 1.73. The number of hydrogen-bond donors (Lipinski definition) is 0. The van der Waals surface area contributed by atoms with Gasteiger partial charge < -0.3 is 9.64 Å². The van der Waals surface area contributed by atoms with Gasteiger partial charge in [0.1, 0.15) is 0 Å². The van der Waals surface area contributed by atoms with Crippen LogP contribution in [-0.4, -0.2) is 81.5 Å². The smallest absolute Gasteiger partial charge is 0.282 e. The molecule has 0 aliphatic carbocycles. The standard InChI is InChI=1S/C13H27N3O3S/c1-19-13-5-4-6-14-9-11-16(12-10-14)20(17,18)15-7-2-3-8-15/h2-13H2,1H3. The van der Waals surface area contributed by atoms with Gasteiger partial charge in [-0.3, -0.25) is 0 Å². The van der Waals surface area contributed by atoms with Crippen molar-refractivity contribution in [2.75, 3.05) is 59.5 Å². The topological polar surface area (TPSA) is 53.1 Å². The summed E-state index contributed by atoms with van der Waals surface area (Å²) in [7, 11) is -1.47. The minimum absolute atomic E-state index is 0.628. The third kappa shape index (κ3) is 4.14. The highest BCUT2D eigenvalue weighted by Crippen LogP contribution is 2.18. The summed E-state index contributed by atoms with van der Waals surface area (Å²) in [5.41, 5.74) is 0. The van der Waals surface area contributed by atoms with Crippen LogP contribution in [0.5, 0.6) is 0 Å². The summed E-state index contributed by atoms with van der Waals surface area (Å²) in [6, 6.07) is 0. The number of piperazine rings is 1. The van der Waals surface area contributed by atoms with Crippen molar-refractivity contribution < 1.29 is 13.2 Å². The van der Waals surface area contributed by atoms with Crippen molar-refractivity contribution in [3.63, 3.8) is 0 Å². The molecule has 0 N–H and O–H groups in total. The van der Waals surface area contributed by atoms with Crippen LogP contribution < -0.4 is 0 Å². The van der Waals surface area contributed by atoms with Crippen LogP contribution in [0.2, 0.25) is 0 Å². The average Bonchev–Trinajstić information content (AvgIpc) is 2.99. The molecule has 2 aliphatic rings. The minimum atomic E-state index is -3.19. The van der Waals surface area contributed by atoms with Gasteiger partial charge in [-0.1, -0.05) is 0 Å². The molecule has 0 bridgehead atoms. The number of ether oxygens (including phenoxy) is 1. The maximum Gasteiger partial charge on any atom is 0.282 e. The van der Waals surface area contributed by atoms with Crippen LogP contribution in [0.25, 0.3) is 0 Å². The number of rotatable bonds is 7. The van der Waals surface area contributed by atoms with Crippen molar-refractivity contribution in [3.8, 4) is 0 Å². The SMILES string of the molecule is COCCCCN1CCN(S(=O)(=O)N2CCCC2)CC1. The lowest BCUT2D eigenvalue weighted by atomic mass is 10.3. The van der Waals surface area contributed by atoms with E-state index in [9.17, 15) is 8.42 Å². The van der Waals surface area contributed by atoms with E-state index >= 15 is 0 Å². The summed E-state index contributed by atoms with van der Waals surface area (Å²) in [6.45, 7) is 6.19. The molecular formula is C13H27N3O3S. The van der Waals surface area contributed by atoms with Crippen molar-refractivity contribution >= 4 is 10.2 Å². The summed E-state index contributed by atoms with van der Waals surface area (Å²) >= 11 is 0. The lowest BCUT2D eigenvalue weighted by Gasteiger charge is -2.35. The fourth-order valence-corrected chi connectivity index (χ4v) is 4.52. The molecule has 2 saturated heterocycles. The average molecular weight is 305 g/mol. The molecule has 2 rings (SSSR count). The normalized spacial score (nSPS) is 23.4. The largest absolute Gasteiger partial charge is 0.385 e. The van der Waals surface area contributed by atoms with Gasteiger partial charge in [-0.05, 0) is 32.2 Å². The van der Waals surface area contributed by atoms with E-state index in [1.54, 1.807) is 15.7 Å². The van der Waals surface area contributed by atoms with Gasteiger partial charge in [0.15, 0.2) is 0 Å². The Kier molecular flexibility index (Phi) is 6.22. The molecular weight excluding hydrogens is 278 g/mol. The van der Waals surface area contributed by atoms with Gasteiger partial charge in [-0.25, -0.2) is 0 Å². The molecule has 0 amide bonds. The Hall–Kier alpha value is -0.210. The van der Waals surface area contributed by atoms with E-state index in [1.165, 1.54) is 0 Å². The molecule has 118 valence electrons. The Morgan fingerprint density at radius 2 is 1.50 bits per heavy atom. The molecule has 0 aromatic rings. The number of hydrogen-bond acceptors (Lipinski definition) is 4. The zero-order chi connectivity index (χ0) is 14.4. The van der Waals surface area contributed by atoms with Crippen LogP contribution in [0.3, 0.4) is 0 Å².